The highest BCUT2D eigenvalue weighted by Crippen LogP contribution is 2.39. The molecule has 0 aliphatic carbocycles. The van der Waals surface area contributed by atoms with Crippen molar-refractivity contribution in [2.24, 2.45) is 5.73 Å². The van der Waals surface area contributed by atoms with Crippen molar-refractivity contribution in [3.8, 4) is 0 Å². The van der Waals surface area contributed by atoms with Gasteiger partial charge in [0.15, 0.2) is 0 Å². The molecule has 0 saturated carbocycles. The van der Waals surface area contributed by atoms with Crippen molar-refractivity contribution in [3.63, 3.8) is 0 Å². The Hall–Kier alpha value is -2.05. The van der Waals surface area contributed by atoms with E-state index in [1.54, 1.807) is 24.3 Å². The Morgan fingerprint density at radius 2 is 1.57 bits per heavy atom. The Balaban J connectivity index is 1.91. The van der Waals surface area contributed by atoms with Gasteiger partial charge in [-0.2, -0.15) is 13.2 Å². The van der Waals surface area contributed by atoms with Gasteiger partial charge in [0.2, 0.25) is 5.91 Å². The number of hydrogen-bond acceptors (Lipinski definition) is 2. The predicted molar refractivity (Wildman–Crippen MR) is 81.1 cm³/mol. The minimum atomic E-state index is -4.40. The molecule has 7 heteroatoms. The van der Waals surface area contributed by atoms with Crippen LogP contribution in [0, 0.1) is 0 Å². The van der Waals surface area contributed by atoms with E-state index in [1.807, 2.05) is 0 Å². The summed E-state index contributed by atoms with van der Waals surface area (Å²) in [4.78, 5) is 13.5. The molecule has 1 fully saturated rings. The summed E-state index contributed by atoms with van der Waals surface area (Å²) in [7, 11) is 0. The lowest BCUT2D eigenvalue weighted by Crippen LogP contribution is -2.63. The van der Waals surface area contributed by atoms with Crippen LogP contribution < -0.4 is 10.6 Å². The van der Waals surface area contributed by atoms with Crippen LogP contribution in [-0.4, -0.2) is 11.9 Å². The molecule has 2 N–H and O–H groups in total. The van der Waals surface area contributed by atoms with Gasteiger partial charge in [0, 0.05) is 10.7 Å². The average molecular weight is 341 g/mol. The van der Waals surface area contributed by atoms with Crippen LogP contribution in [0.15, 0.2) is 48.5 Å². The third-order valence-corrected chi connectivity index (χ3v) is 4.08. The molecule has 3 nitrogen and oxygen atoms in total. The second-order valence-electron chi connectivity index (χ2n) is 5.28. The number of rotatable bonds is 2. The minimum absolute atomic E-state index is 0.280. The summed E-state index contributed by atoms with van der Waals surface area (Å²) >= 11 is 5.82. The second-order valence-corrected chi connectivity index (χ2v) is 5.71. The summed E-state index contributed by atoms with van der Waals surface area (Å²) in [5.41, 5.74) is 6.26. The van der Waals surface area contributed by atoms with Crippen LogP contribution in [0.25, 0.3) is 0 Å². The summed E-state index contributed by atoms with van der Waals surface area (Å²) in [6.07, 6.45) is -4.40. The molecule has 1 heterocycles. The molecule has 0 aromatic heterocycles. The molecule has 120 valence electrons. The molecule has 1 amide bonds. The van der Waals surface area contributed by atoms with E-state index in [0.29, 0.717) is 16.3 Å². The first-order valence-corrected chi connectivity index (χ1v) is 7.18. The first kappa shape index (κ1) is 15.8. The number of anilines is 1. The zero-order chi connectivity index (χ0) is 16.8. The summed E-state index contributed by atoms with van der Waals surface area (Å²) in [6, 6.07) is 10.0. The number of nitrogens with zero attached hydrogens (tertiary/aromatic N) is 1. The zero-order valence-corrected chi connectivity index (χ0v) is 12.5. The van der Waals surface area contributed by atoms with Crippen molar-refractivity contribution in [3.05, 3.63) is 64.7 Å². The van der Waals surface area contributed by atoms with Crippen LogP contribution in [-0.2, 0) is 11.0 Å². The Bertz CT molecular complexity index is 728. The van der Waals surface area contributed by atoms with Crippen molar-refractivity contribution in [1.82, 2.24) is 0 Å². The number of carbonyl (C=O) groups excluding carboxylic acids is 1. The summed E-state index contributed by atoms with van der Waals surface area (Å²) in [5, 5.41) is 0.525. The lowest BCUT2D eigenvalue weighted by atomic mass is 9.88. The fourth-order valence-corrected chi connectivity index (χ4v) is 2.75. The maximum atomic E-state index is 12.6. The molecule has 23 heavy (non-hydrogen) atoms. The number of benzene rings is 2. The van der Waals surface area contributed by atoms with E-state index in [0.717, 1.165) is 12.1 Å². The first-order chi connectivity index (χ1) is 10.8. The molecule has 0 unspecified atom stereocenters. The number of halogens is 4. The molecular formula is C16H12ClF3N2O. The summed E-state index contributed by atoms with van der Waals surface area (Å²) in [5.74, 6) is -0.280. The van der Waals surface area contributed by atoms with Gasteiger partial charge >= 0.3 is 6.18 Å². The van der Waals surface area contributed by atoms with Gasteiger partial charge < -0.3 is 10.6 Å². The number of β-lactam (4-membered cyclic amide) rings is 1. The summed E-state index contributed by atoms with van der Waals surface area (Å²) in [6.45, 7) is 0. The van der Waals surface area contributed by atoms with Gasteiger partial charge in [-0.25, -0.2) is 0 Å². The number of carbonyl (C=O) groups is 1. The Morgan fingerprint density at radius 3 is 2.09 bits per heavy atom. The smallest absolute Gasteiger partial charge is 0.318 e. The topological polar surface area (TPSA) is 46.3 Å². The lowest BCUT2D eigenvalue weighted by molar-refractivity contribution is -0.137. The van der Waals surface area contributed by atoms with E-state index in [1.165, 1.54) is 17.0 Å². The highest BCUT2D eigenvalue weighted by atomic mass is 35.5. The quantitative estimate of drug-likeness (QED) is 0.846. The molecule has 1 saturated heterocycles. The molecule has 2 aromatic carbocycles. The molecular weight excluding hydrogens is 329 g/mol. The van der Waals surface area contributed by atoms with Crippen molar-refractivity contribution >= 4 is 23.2 Å². The van der Waals surface area contributed by atoms with Crippen molar-refractivity contribution < 1.29 is 18.0 Å². The molecule has 0 spiro atoms. The Labute approximate surface area is 135 Å². The number of nitrogens with two attached hydrogens (primary N) is 1. The Morgan fingerprint density at radius 1 is 1.00 bits per heavy atom. The molecule has 2 aromatic rings. The van der Waals surface area contributed by atoms with Gasteiger partial charge in [-0.3, -0.25) is 4.79 Å². The maximum absolute atomic E-state index is 12.6. The van der Waals surface area contributed by atoms with Gasteiger partial charge in [0.05, 0.1) is 11.6 Å². The molecule has 2 atom stereocenters. The number of amides is 1. The highest BCUT2D eigenvalue weighted by molar-refractivity contribution is 6.30. The van der Waals surface area contributed by atoms with E-state index < -0.39 is 23.8 Å². The Kier molecular flexibility index (Phi) is 3.82. The fourth-order valence-electron chi connectivity index (χ4n) is 2.63. The number of alkyl halides is 3. The SMILES string of the molecule is N[C@@H]1C(=O)N(c2ccc(Cl)cc2)[C@@H]1c1ccc(C(F)(F)F)cc1. The first-order valence-electron chi connectivity index (χ1n) is 6.80. The van der Waals surface area contributed by atoms with Gasteiger partial charge in [0.25, 0.3) is 0 Å². The van der Waals surface area contributed by atoms with Crippen molar-refractivity contribution in [2.75, 3.05) is 4.90 Å². The fraction of sp³-hybridized carbons (Fsp3) is 0.188. The largest absolute Gasteiger partial charge is 0.416 e. The van der Waals surface area contributed by atoms with Crippen LogP contribution in [0.5, 0.6) is 0 Å². The molecule has 0 radical (unpaired) electrons. The highest BCUT2D eigenvalue weighted by Gasteiger charge is 2.46. The van der Waals surface area contributed by atoms with Crippen LogP contribution in [0.3, 0.4) is 0 Å². The van der Waals surface area contributed by atoms with E-state index >= 15 is 0 Å². The van der Waals surface area contributed by atoms with Crippen molar-refractivity contribution in [1.29, 1.82) is 0 Å². The third-order valence-electron chi connectivity index (χ3n) is 3.83. The van der Waals surface area contributed by atoms with Crippen LogP contribution in [0.4, 0.5) is 18.9 Å². The maximum Gasteiger partial charge on any atom is 0.416 e. The zero-order valence-electron chi connectivity index (χ0n) is 11.7. The van der Waals surface area contributed by atoms with E-state index in [2.05, 4.69) is 0 Å². The monoisotopic (exact) mass is 340 g/mol. The number of hydrogen-bond donors (Lipinski definition) is 1. The van der Waals surface area contributed by atoms with Crippen molar-refractivity contribution in [2.45, 2.75) is 18.3 Å². The van der Waals surface area contributed by atoms with Gasteiger partial charge in [0.1, 0.15) is 6.04 Å². The van der Waals surface area contributed by atoms with Gasteiger partial charge in [-0.05, 0) is 42.0 Å². The minimum Gasteiger partial charge on any atom is -0.318 e. The van der Waals surface area contributed by atoms with Crippen LogP contribution >= 0.6 is 11.6 Å². The normalized spacial score (nSPS) is 21.3. The standard InChI is InChI=1S/C16H12ClF3N2O/c17-11-5-7-12(8-6-11)22-14(13(21)15(22)23)9-1-3-10(4-2-9)16(18,19)20/h1-8,13-14H,21H2/t13-,14+/m0/s1. The van der Waals surface area contributed by atoms with Gasteiger partial charge in [-0.15, -0.1) is 0 Å². The summed E-state index contributed by atoms with van der Waals surface area (Å²) < 4.78 is 37.9. The molecule has 1 aliphatic rings. The van der Waals surface area contributed by atoms with E-state index in [4.69, 9.17) is 17.3 Å². The van der Waals surface area contributed by atoms with Crippen LogP contribution in [0.2, 0.25) is 5.02 Å². The third kappa shape index (κ3) is 2.80. The molecule has 1 aliphatic heterocycles. The lowest BCUT2D eigenvalue weighted by Gasteiger charge is -2.45. The molecule has 3 rings (SSSR count). The van der Waals surface area contributed by atoms with Crippen LogP contribution in [0.1, 0.15) is 17.2 Å². The average Bonchev–Trinajstić information content (AvgIpc) is 2.52. The van der Waals surface area contributed by atoms with E-state index in [9.17, 15) is 18.0 Å². The molecule has 0 bridgehead atoms. The van der Waals surface area contributed by atoms with Gasteiger partial charge in [-0.1, -0.05) is 23.7 Å². The van der Waals surface area contributed by atoms with E-state index in [-0.39, 0.29) is 5.91 Å². The predicted octanol–water partition coefficient (Wildman–Crippen LogP) is 3.77. The second kappa shape index (κ2) is 5.54.